The second-order valence-corrected chi connectivity index (χ2v) is 6.02. The number of hydrogen-bond acceptors (Lipinski definition) is 3. The Kier molecular flexibility index (Phi) is 9.42. The SMILES string of the molecule is CN=C(NCCCCn1cnnc1)NC1CCCC(C)C1.I. The fourth-order valence-corrected chi connectivity index (χ4v) is 2.92. The lowest BCUT2D eigenvalue weighted by atomic mass is 9.87. The Balaban J connectivity index is 0.00000242. The zero-order valence-corrected chi connectivity index (χ0v) is 16.0. The Bertz CT molecular complexity index is 420. The lowest BCUT2D eigenvalue weighted by molar-refractivity contribution is 0.324. The van der Waals surface area contributed by atoms with Crippen LogP contribution in [-0.4, -0.2) is 40.4 Å². The predicted octanol–water partition coefficient (Wildman–Crippen LogP) is 2.42. The molecule has 2 N–H and O–H groups in total. The van der Waals surface area contributed by atoms with Gasteiger partial charge in [0.25, 0.3) is 0 Å². The van der Waals surface area contributed by atoms with Crippen molar-refractivity contribution >= 4 is 29.9 Å². The van der Waals surface area contributed by atoms with E-state index < -0.39 is 0 Å². The summed E-state index contributed by atoms with van der Waals surface area (Å²) < 4.78 is 2.01. The molecule has 2 unspecified atom stereocenters. The van der Waals surface area contributed by atoms with Crippen molar-refractivity contribution in [2.24, 2.45) is 10.9 Å². The number of hydrogen-bond donors (Lipinski definition) is 2. The second-order valence-electron chi connectivity index (χ2n) is 6.02. The zero-order chi connectivity index (χ0) is 14.9. The third-order valence-electron chi connectivity index (χ3n) is 4.10. The average Bonchev–Trinajstić information content (AvgIpc) is 2.99. The number of aryl methyl sites for hydroxylation is 1. The minimum absolute atomic E-state index is 0. The van der Waals surface area contributed by atoms with Gasteiger partial charge in [0.15, 0.2) is 5.96 Å². The molecule has 0 spiro atoms. The molecule has 0 aromatic carbocycles. The third-order valence-corrected chi connectivity index (χ3v) is 4.10. The molecule has 126 valence electrons. The fourth-order valence-electron chi connectivity index (χ4n) is 2.92. The van der Waals surface area contributed by atoms with Gasteiger partial charge in [0.1, 0.15) is 12.7 Å². The number of nitrogens with zero attached hydrogens (tertiary/aromatic N) is 4. The van der Waals surface area contributed by atoms with E-state index in [9.17, 15) is 0 Å². The van der Waals surface area contributed by atoms with Crippen LogP contribution < -0.4 is 10.6 Å². The number of nitrogens with one attached hydrogen (secondary N) is 2. The molecule has 1 heterocycles. The highest BCUT2D eigenvalue weighted by Gasteiger charge is 2.19. The van der Waals surface area contributed by atoms with E-state index in [1.807, 2.05) is 11.6 Å². The van der Waals surface area contributed by atoms with Gasteiger partial charge in [0, 0.05) is 26.2 Å². The summed E-state index contributed by atoms with van der Waals surface area (Å²) in [6.07, 6.45) is 11.0. The van der Waals surface area contributed by atoms with Gasteiger partial charge in [0.05, 0.1) is 0 Å². The molecule has 0 saturated heterocycles. The molecule has 0 radical (unpaired) electrons. The van der Waals surface area contributed by atoms with Crippen molar-refractivity contribution in [2.75, 3.05) is 13.6 Å². The molecule has 1 aromatic heterocycles. The number of unbranched alkanes of at least 4 members (excludes halogenated alkanes) is 1. The molecule has 1 saturated carbocycles. The normalized spacial score (nSPS) is 22.0. The Labute approximate surface area is 150 Å². The summed E-state index contributed by atoms with van der Waals surface area (Å²) in [5, 5.41) is 14.6. The Morgan fingerprint density at radius 3 is 2.73 bits per heavy atom. The quantitative estimate of drug-likeness (QED) is 0.321. The molecule has 1 aliphatic carbocycles. The van der Waals surface area contributed by atoms with E-state index in [0.29, 0.717) is 6.04 Å². The monoisotopic (exact) mass is 420 g/mol. The molecule has 0 bridgehead atoms. The third kappa shape index (κ3) is 6.93. The Hall–Kier alpha value is -0.860. The standard InChI is InChI=1S/C15H28N6.HI/c1-13-6-5-7-14(10-13)20-15(16-2)17-8-3-4-9-21-11-18-19-12-21;/h11-14H,3-10H2,1-2H3,(H2,16,17,20);1H. The topological polar surface area (TPSA) is 67.1 Å². The van der Waals surface area contributed by atoms with Crippen LogP contribution in [0.5, 0.6) is 0 Å². The van der Waals surface area contributed by atoms with Crippen LogP contribution >= 0.6 is 24.0 Å². The molecule has 1 aliphatic rings. The fraction of sp³-hybridized carbons (Fsp3) is 0.800. The van der Waals surface area contributed by atoms with Crippen molar-refractivity contribution in [3.05, 3.63) is 12.7 Å². The molecule has 1 aromatic rings. The van der Waals surface area contributed by atoms with Crippen LogP contribution in [0.15, 0.2) is 17.6 Å². The molecule has 6 nitrogen and oxygen atoms in total. The van der Waals surface area contributed by atoms with E-state index in [-0.39, 0.29) is 24.0 Å². The predicted molar refractivity (Wildman–Crippen MR) is 101 cm³/mol. The minimum Gasteiger partial charge on any atom is -0.356 e. The van der Waals surface area contributed by atoms with E-state index >= 15 is 0 Å². The lowest BCUT2D eigenvalue weighted by Gasteiger charge is -2.28. The summed E-state index contributed by atoms with van der Waals surface area (Å²) in [7, 11) is 1.85. The van der Waals surface area contributed by atoms with Gasteiger partial charge in [-0.05, 0) is 31.6 Å². The molecule has 0 amide bonds. The molecule has 7 heteroatoms. The van der Waals surface area contributed by atoms with Crippen molar-refractivity contribution in [3.63, 3.8) is 0 Å². The van der Waals surface area contributed by atoms with Crippen LogP contribution in [0.4, 0.5) is 0 Å². The zero-order valence-electron chi connectivity index (χ0n) is 13.7. The maximum Gasteiger partial charge on any atom is 0.191 e. The van der Waals surface area contributed by atoms with E-state index in [1.54, 1.807) is 12.7 Å². The van der Waals surface area contributed by atoms with Gasteiger partial charge < -0.3 is 15.2 Å². The first-order valence-electron chi connectivity index (χ1n) is 8.07. The van der Waals surface area contributed by atoms with Crippen molar-refractivity contribution in [1.29, 1.82) is 0 Å². The van der Waals surface area contributed by atoms with Gasteiger partial charge in [-0.2, -0.15) is 0 Å². The first-order valence-corrected chi connectivity index (χ1v) is 8.07. The number of guanidine groups is 1. The summed E-state index contributed by atoms with van der Waals surface area (Å²) in [5.41, 5.74) is 0. The summed E-state index contributed by atoms with van der Waals surface area (Å²) in [4.78, 5) is 4.32. The van der Waals surface area contributed by atoms with Gasteiger partial charge in [-0.15, -0.1) is 34.2 Å². The molecule has 22 heavy (non-hydrogen) atoms. The average molecular weight is 420 g/mol. The van der Waals surface area contributed by atoms with Gasteiger partial charge in [0.2, 0.25) is 0 Å². The molecular weight excluding hydrogens is 391 g/mol. The Morgan fingerprint density at radius 1 is 1.27 bits per heavy atom. The highest BCUT2D eigenvalue weighted by atomic mass is 127. The van der Waals surface area contributed by atoms with Gasteiger partial charge in [-0.3, -0.25) is 4.99 Å². The first kappa shape index (κ1) is 19.2. The van der Waals surface area contributed by atoms with Crippen LogP contribution in [0.25, 0.3) is 0 Å². The van der Waals surface area contributed by atoms with Crippen molar-refractivity contribution in [1.82, 2.24) is 25.4 Å². The van der Waals surface area contributed by atoms with Crippen LogP contribution in [0.3, 0.4) is 0 Å². The van der Waals surface area contributed by atoms with Gasteiger partial charge in [-0.25, -0.2) is 0 Å². The van der Waals surface area contributed by atoms with Crippen molar-refractivity contribution in [3.8, 4) is 0 Å². The number of aromatic nitrogens is 3. The van der Waals surface area contributed by atoms with Gasteiger partial charge >= 0.3 is 0 Å². The minimum atomic E-state index is 0. The van der Waals surface area contributed by atoms with Crippen LogP contribution in [0.2, 0.25) is 0 Å². The lowest BCUT2D eigenvalue weighted by Crippen LogP contribution is -2.45. The molecular formula is C15H29IN6. The van der Waals surface area contributed by atoms with Crippen LogP contribution in [0.1, 0.15) is 45.4 Å². The highest BCUT2D eigenvalue weighted by molar-refractivity contribution is 14.0. The van der Waals surface area contributed by atoms with E-state index in [2.05, 4.69) is 32.7 Å². The maximum absolute atomic E-state index is 4.32. The maximum atomic E-state index is 4.32. The van der Waals surface area contributed by atoms with Gasteiger partial charge in [-0.1, -0.05) is 19.8 Å². The highest BCUT2D eigenvalue weighted by Crippen LogP contribution is 2.23. The van der Waals surface area contributed by atoms with E-state index in [4.69, 9.17) is 0 Å². The summed E-state index contributed by atoms with van der Waals surface area (Å²) in [5.74, 6) is 1.77. The largest absolute Gasteiger partial charge is 0.356 e. The van der Waals surface area contributed by atoms with Crippen molar-refractivity contribution in [2.45, 2.75) is 58.0 Å². The molecule has 0 aliphatic heterocycles. The molecule has 1 fully saturated rings. The molecule has 2 rings (SSSR count). The summed E-state index contributed by atoms with van der Waals surface area (Å²) in [6, 6.07) is 0.581. The Morgan fingerprint density at radius 2 is 2.05 bits per heavy atom. The smallest absolute Gasteiger partial charge is 0.191 e. The number of aliphatic imine (C=N–C) groups is 1. The van der Waals surface area contributed by atoms with Crippen LogP contribution in [-0.2, 0) is 6.54 Å². The first-order chi connectivity index (χ1) is 10.3. The summed E-state index contributed by atoms with van der Waals surface area (Å²) in [6.45, 7) is 4.26. The van der Waals surface area contributed by atoms with E-state index in [0.717, 1.165) is 37.8 Å². The summed E-state index contributed by atoms with van der Waals surface area (Å²) >= 11 is 0. The number of halogens is 1. The second kappa shape index (κ2) is 10.8. The van der Waals surface area contributed by atoms with Crippen molar-refractivity contribution < 1.29 is 0 Å². The van der Waals surface area contributed by atoms with E-state index in [1.165, 1.54) is 25.7 Å². The van der Waals surface area contributed by atoms with Crippen LogP contribution in [0, 0.1) is 5.92 Å². The molecule has 2 atom stereocenters. The number of rotatable bonds is 6.